The van der Waals surface area contributed by atoms with Gasteiger partial charge in [-0.25, -0.2) is 4.90 Å². The highest BCUT2D eigenvalue weighted by atomic mass is 35.5. The monoisotopic (exact) mass is 252 g/mol. The van der Waals surface area contributed by atoms with Gasteiger partial charge in [-0.15, -0.1) is 0 Å². The van der Waals surface area contributed by atoms with Gasteiger partial charge in [-0.3, -0.25) is 9.59 Å². The maximum Gasteiger partial charge on any atom is 0.233 e. The van der Waals surface area contributed by atoms with E-state index in [9.17, 15) is 9.59 Å². The van der Waals surface area contributed by atoms with Gasteiger partial charge in [0, 0.05) is 18.5 Å². The lowest BCUT2D eigenvalue weighted by Gasteiger charge is -2.20. The minimum Gasteiger partial charge on any atom is -0.399 e. The van der Waals surface area contributed by atoms with Gasteiger partial charge in [0.25, 0.3) is 0 Å². The average molecular weight is 253 g/mol. The summed E-state index contributed by atoms with van der Waals surface area (Å²) in [6.45, 7) is 0. The Morgan fingerprint density at radius 1 is 1.12 bits per heavy atom. The molecule has 90 valence electrons. The van der Waals surface area contributed by atoms with Crippen LogP contribution in [0.15, 0.2) is 18.2 Å². The molecule has 0 saturated carbocycles. The standard InChI is InChI=1S/C12H13ClN2O2/c13-9-6-5-8(14)7-10(9)15-11(16)3-1-2-4-12(15)17/h5-7H,1-4,14H2. The second-order valence-electron chi connectivity index (χ2n) is 4.04. The third-order valence-electron chi connectivity index (χ3n) is 2.74. The fraction of sp³-hybridized carbons (Fsp3) is 0.333. The molecule has 0 unspecified atom stereocenters. The summed E-state index contributed by atoms with van der Waals surface area (Å²) in [6.07, 6.45) is 2.22. The van der Waals surface area contributed by atoms with Crippen LogP contribution in [0.2, 0.25) is 5.02 Å². The van der Waals surface area contributed by atoms with E-state index >= 15 is 0 Å². The zero-order chi connectivity index (χ0) is 12.4. The van der Waals surface area contributed by atoms with E-state index < -0.39 is 0 Å². The van der Waals surface area contributed by atoms with Gasteiger partial charge >= 0.3 is 0 Å². The van der Waals surface area contributed by atoms with Crippen LogP contribution < -0.4 is 10.6 Å². The van der Waals surface area contributed by atoms with Crippen LogP contribution in [-0.2, 0) is 9.59 Å². The Morgan fingerprint density at radius 3 is 2.29 bits per heavy atom. The summed E-state index contributed by atoms with van der Waals surface area (Å²) in [5, 5.41) is 0.364. The van der Waals surface area contributed by atoms with E-state index in [1.165, 1.54) is 0 Å². The lowest BCUT2D eigenvalue weighted by atomic mass is 10.2. The Labute approximate surface area is 104 Å². The molecular weight excluding hydrogens is 240 g/mol. The average Bonchev–Trinajstić information content (AvgIpc) is 2.44. The highest BCUT2D eigenvalue weighted by Crippen LogP contribution is 2.30. The summed E-state index contributed by atoms with van der Waals surface area (Å²) in [5.41, 5.74) is 6.53. The molecule has 1 aromatic rings. The van der Waals surface area contributed by atoms with E-state index in [0.717, 1.165) is 17.7 Å². The predicted octanol–water partition coefficient (Wildman–Crippen LogP) is 2.36. The first-order valence-corrected chi connectivity index (χ1v) is 5.88. The molecule has 0 aromatic heterocycles. The fourth-order valence-corrected chi connectivity index (χ4v) is 2.09. The number of amides is 2. The normalized spacial score (nSPS) is 17.1. The van der Waals surface area contributed by atoms with E-state index in [1.54, 1.807) is 18.2 Å². The van der Waals surface area contributed by atoms with Gasteiger partial charge < -0.3 is 5.73 Å². The summed E-state index contributed by atoms with van der Waals surface area (Å²) in [6, 6.07) is 4.79. The van der Waals surface area contributed by atoms with E-state index in [1.807, 2.05) is 0 Å². The molecule has 0 spiro atoms. The largest absolute Gasteiger partial charge is 0.399 e. The first-order valence-electron chi connectivity index (χ1n) is 5.50. The van der Waals surface area contributed by atoms with Crippen molar-refractivity contribution >= 4 is 34.8 Å². The summed E-state index contributed by atoms with van der Waals surface area (Å²) >= 11 is 6.01. The molecule has 0 atom stereocenters. The number of hydrogen-bond acceptors (Lipinski definition) is 3. The number of imide groups is 1. The molecule has 17 heavy (non-hydrogen) atoms. The second kappa shape index (κ2) is 4.75. The van der Waals surface area contributed by atoms with Gasteiger partial charge in [0.15, 0.2) is 0 Å². The number of hydrogen-bond donors (Lipinski definition) is 1. The molecule has 5 heteroatoms. The van der Waals surface area contributed by atoms with Gasteiger partial charge in [-0.05, 0) is 31.0 Å². The third-order valence-corrected chi connectivity index (χ3v) is 3.06. The smallest absolute Gasteiger partial charge is 0.233 e. The summed E-state index contributed by atoms with van der Waals surface area (Å²) < 4.78 is 0. The lowest BCUT2D eigenvalue weighted by molar-refractivity contribution is -0.125. The van der Waals surface area contributed by atoms with Gasteiger partial charge in [0.2, 0.25) is 11.8 Å². The SMILES string of the molecule is Nc1ccc(Cl)c(N2C(=O)CCCCC2=O)c1. The number of benzene rings is 1. The summed E-state index contributed by atoms with van der Waals surface area (Å²) in [7, 11) is 0. The molecule has 1 aliphatic rings. The number of carbonyl (C=O) groups is 2. The molecule has 1 aliphatic heterocycles. The van der Waals surface area contributed by atoms with Crippen molar-refractivity contribution < 1.29 is 9.59 Å². The number of rotatable bonds is 1. The van der Waals surface area contributed by atoms with Crippen LogP contribution >= 0.6 is 11.6 Å². The molecule has 1 saturated heterocycles. The number of nitrogens with two attached hydrogens (primary N) is 1. The van der Waals surface area contributed by atoms with Crippen molar-refractivity contribution in [3.05, 3.63) is 23.2 Å². The zero-order valence-corrected chi connectivity index (χ0v) is 10.0. The number of halogens is 1. The minimum atomic E-state index is -0.208. The topological polar surface area (TPSA) is 63.4 Å². The highest BCUT2D eigenvalue weighted by molar-refractivity contribution is 6.35. The number of nitrogen functional groups attached to an aromatic ring is 1. The highest BCUT2D eigenvalue weighted by Gasteiger charge is 2.27. The second-order valence-corrected chi connectivity index (χ2v) is 4.45. The molecule has 2 amide bonds. The fourth-order valence-electron chi connectivity index (χ4n) is 1.88. The number of nitrogens with zero attached hydrogens (tertiary/aromatic N) is 1. The predicted molar refractivity (Wildman–Crippen MR) is 66.8 cm³/mol. The van der Waals surface area contributed by atoms with E-state index in [-0.39, 0.29) is 11.8 Å². The molecular formula is C12H13ClN2O2. The van der Waals surface area contributed by atoms with Crippen LogP contribution in [0.1, 0.15) is 25.7 Å². The van der Waals surface area contributed by atoms with Crippen LogP contribution in [0, 0.1) is 0 Å². The molecule has 1 heterocycles. The first kappa shape index (κ1) is 11.9. The lowest BCUT2D eigenvalue weighted by Crippen LogP contribution is -2.35. The molecule has 0 radical (unpaired) electrons. The van der Waals surface area contributed by atoms with Crippen molar-refractivity contribution in [2.75, 3.05) is 10.6 Å². The Kier molecular flexibility index (Phi) is 3.33. The Bertz CT molecular complexity index is 456. The van der Waals surface area contributed by atoms with Gasteiger partial charge in [0.1, 0.15) is 0 Å². The van der Waals surface area contributed by atoms with E-state index in [0.29, 0.717) is 29.2 Å². The number of anilines is 2. The molecule has 1 fully saturated rings. The first-order chi connectivity index (χ1) is 8.09. The molecule has 1 aromatic carbocycles. The molecule has 2 rings (SSSR count). The minimum absolute atomic E-state index is 0.208. The van der Waals surface area contributed by atoms with E-state index in [2.05, 4.69) is 0 Å². The maximum atomic E-state index is 11.9. The molecule has 0 aliphatic carbocycles. The zero-order valence-electron chi connectivity index (χ0n) is 9.28. The van der Waals surface area contributed by atoms with Crippen molar-refractivity contribution in [2.24, 2.45) is 0 Å². The summed E-state index contributed by atoms with van der Waals surface area (Å²) in [4.78, 5) is 24.9. The van der Waals surface area contributed by atoms with Crippen molar-refractivity contribution in [1.82, 2.24) is 0 Å². The van der Waals surface area contributed by atoms with Gasteiger partial charge in [-0.2, -0.15) is 0 Å². The van der Waals surface area contributed by atoms with Crippen LogP contribution in [0.5, 0.6) is 0 Å². The summed E-state index contributed by atoms with van der Waals surface area (Å²) in [5.74, 6) is -0.417. The molecule has 2 N–H and O–H groups in total. The van der Waals surface area contributed by atoms with Crippen molar-refractivity contribution in [2.45, 2.75) is 25.7 Å². The van der Waals surface area contributed by atoms with Gasteiger partial charge in [-0.1, -0.05) is 11.6 Å². The number of carbonyl (C=O) groups excluding carboxylic acids is 2. The van der Waals surface area contributed by atoms with Crippen LogP contribution in [0.3, 0.4) is 0 Å². The van der Waals surface area contributed by atoms with Gasteiger partial charge in [0.05, 0.1) is 10.7 Å². The van der Waals surface area contributed by atoms with E-state index in [4.69, 9.17) is 17.3 Å². The molecule has 0 bridgehead atoms. The van der Waals surface area contributed by atoms with Crippen LogP contribution in [0.25, 0.3) is 0 Å². The quantitative estimate of drug-likeness (QED) is 0.616. The van der Waals surface area contributed by atoms with Crippen molar-refractivity contribution in [1.29, 1.82) is 0 Å². The Morgan fingerprint density at radius 2 is 1.71 bits per heavy atom. The Balaban J connectivity index is 2.45. The van der Waals surface area contributed by atoms with Crippen molar-refractivity contribution in [3.8, 4) is 0 Å². The van der Waals surface area contributed by atoms with Crippen molar-refractivity contribution in [3.63, 3.8) is 0 Å². The van der Waals surface area contributed by atoms with Crippen LogP contribution in [0.4, 0.5) is 11.4 Å². The third kappa shape index (κ3) is 2.42. The van der Waals surface area contributed by atoms with Crippen LogP contribution in [-0.4, -0.2) is 11.8 Å². The Hall–Kier alpha value is -1.55. The maximum absolute atomic E-state index is 11.9. The molecule has 4 nitrogen and oxygen atoms in total.